The van der Waals surface area contributed by atoms with Gasteiger partial charge in [0.25, 0.3) is 0 Å². The minimum absolute atomic E-state index is 0.0134. The van der Waals surface area contributed by atoms with Crippen molar-refractivity contribution in [3.63, 3.8) is 0 Å². The van der Waals surface area contributed by atoms with Crippen LogP contribution in [0.2, 0.25) is 0 Å². The molecule has 0 aliphatic carbocycles. The number of benzene rings is 1. The lowest BCUT2D eigenvalue weighted by Crippen LogP contribution is -2.06. The lowest BCUT2D eigenvalue weighted by atomic mass is 10.1. The summed E-state index contributed by atoms with van der Waals surface area (Å²) in [4.78, 5) is 26.8. The van der Waals surface area contributed by atoms with Crippen molar-refractivity contribution in [1.82, 2.24) is 19.9 Å². The molecule has 0 saturated carbocycles. The molecule has 0 aliphatic heterocycles. The van der Waals surface area contributed by atoms with Gasteiger partial charge in [-0.2, -0.15) is 4.98 Å². The second kappa shape index (κ2) is 6.75. The number of rotatable bonds is 6. The van der Waals surface area contributed by atoms with Crippen LogP contribution in [-0.2, 0) is 0 Å². The second-order valence-corrected chi connectivity index (χ2v) is 6.14. The highest BCUT2D eigenvalue weighted by molar-refractivity contribution is 7.99. The number of ketones is 1. The van der Waals surface area contributed by atoms with Crippen molar-refractivity contribution < 1.29 is 9.90 Å². The maximum atomic E-state index is 11.4. The largest absolute Gasteiger partial charge is 0.507 e. The number of nitrogen functional groups attached to an aromatic ring is 1. The van der Waals surface area contributed by atoms with Gasteiger partial charge in [0, 0.05) is 18.0 Å². The van der Waals surface area contributed by atoms with Crippen LogP contribution in [-0.4, -0.2) is 43.1 Å². The van der Waals surface area contributed by atoms with Crippen molar-refractivity contribution in [2.45, 2.75) is 11.9 Å². The number of nitrogens with two attached hydrogens (primary N) is 1. The third kappa shape index (κ3) is 3.40. The number of hydrogen-bond donors (Lipinski definition) is 4. The molecule has 3 rings (SSSR count). The fourth-order valence-electron chi connectivity index (χ4n) is 2.20. The van der Waals surface area contributed by atoms with Crippen molar-refractivity contribution in [3.05, 3.63) is 30.1 Å². The molecule has 2 heterocycles. The van der Waals surface area contributed by atoms with Gasteiger partial charge in [-0.05, 0) is 25.1 Å². The molecule has 0 atom stereocenters. The smallest absolute Gasteiger partial charge is 0.223 e. The molecule has 0 fully saturated rings. The molecule has 24 heavy (non-hydrogen) atoms. The van der Waals surface area contributed by atoms with E-state index in [1.807, 2.05) is 0 Å². The Balaban J connectivity index is 1.62. The summed E-state index contributed by atoms with van der Waals surface area (Å²) in [5, 5.41) is 13.6. The SMILES string of the molecule is CC(=O)c1cc(NCCSc2nc(N)nc3nc[nH]c23)ccc1O. The predicted octanol–water partition coefficient (Wildman–Crippen LogP) is 2.05. The fourth-order valence-corrected chi connectivity index (χ4v) is 3.05. The van der Waals surface area contributed by atoms with Gasteiger partial charge in [0.2, 0.25) is 5.95 Å². The number of aromatic amines is 1. The van der Waals surface area contributed by atoms with Crippen LogP contribution < -0.4 is 11.1 Å². The number of aromatic nitrogens is 4. The first-order chi connectivity index (χ1) is 11.5. The Hall–Kier alpha value is -2.81. The zero-order chi connectivity index (χ0) is 17.1. The number of imidazole rings is 1. The second-order valence-electron chi connectivity index (χ2n) is 5.05. The van der Waals surface area contributed by atoms with E-state index >= 15 is 0 Å². The quantitative estimate of drug-likeness (QED) is 0.176. The fraction of sp³-hybridized carbons (Fsp3) is 0.200. The van der Waals surface area contributed by atoms with E-state index in [1.54, 1.807) is 18.5 Å². The summed E-state index contributed by atoms with van der Waals surface area (Å²) in [5.74, 6) is 0.722. The zero-order valence-corrected chi connectivity index (χ0v) is 13.7. The third-order valence-corrected chi connectivity index (χ3v) is 4.29. The van der Waals surface area contributed by atoms with Crippen LogP contribution in [0.5, 0.6) is 5.75 Å². The van der Waals surface area contributed by atoms with E-state index in [2.05, 4.69) is 25.3 Å². The number of anilines is 2. The van der Waals surface area contributed by atoms with Gasteiger partial charge < -0.3 is 21.1 Å². The lowest BCUT2D eigenvalue weighted by molar-refractivity contribution is 0.101. The highest BCUT2D eigenvalue weighted by Crippen LogP contribution is 2.24. The first kappa shape index (κ1) is 16.1. The van der Waals surface area contributed by atoms with Gasteiger partial charge in [0.15, 0.2) is 11.4 Å². The lowest BCUT2D eigenvalue weighted by Gasteiger charge is -2.09. The maximum Gasteiger partial charge on any atom is 0.223 e. The number of carbonyl (C=O) groups is 1. The van der Waals surface area contributed by atoms with E-state index in [1.165, 1.54) is 24.8 Å². The molecule has 0 unspecified atom stereocenters. The number of Topliss-reactive ketones (excluding diaryl/α,β-unsaturated/α-hetero) is 1. The number of thioether (sulfide) groups is 1. The summed E-state index contributed by atoms with van der Waals surface area (Å²) in [6.45, 7) is 2.07. The predicted molar refractivity (Wildman–Crippen MR) is 93.4 cm³/mol. The molecule has 9 heteroatoms. The Morgan fingerprint density at radius 3 is 3.04 bits per heavy atom. The summed E-state index contributed by atoms with van der Waals surface area (Å²) in [5.41, 5.74) is 8.06. The van der Waals surface area contributed by atoms with Crippen LogP contribution in [0.15, 0.2) is 29.6 Å². The van der Waals surface area contributed by atoms with Gasteiger partial charge in [-0.25, -0.2) is 9.97 Å². The molecule has 8 nitrogen and oxygen atoms in total. The number of hydrogen-bond acceptors (Lipinski definition) is 8. The molecule has 2 aromatic heterocycles. The topological polar surface area (TPSA) is 130 Å². The van der Waals surface area contributed by atoms with E-state index in [4.69, 9.17) is 5.73 Å². The molecular formula is C15H16N6O2S. The average molecular weight is 344 g/mol. The molecule has 0 radical (unpaired) electrons. The van der Waals surface area contributed by atoms with Crippen LogP contribution in [0.25, 0.3) is 11.2 Å². The Kier molecular flexibility index (Phi) is 4.52. The van der Waals surface area contributed by atoms with Crippen LogP contribution in [0.4, 0.5) is 11.6 Å². The van der Waals surface area contributed by atoms with Crippen LogP contribution in [0.3, 0.4) is 0 Å². The monoisotopic (exact) mass is 344 g/mol. The van der Waals surface area contributed by atoms with Gasteiger partial charge in [-0.15, -0.1) is 11.8 Å². The van der Waals surface area contributed by atoms with E-state index < -0.39 is 0 Å². The number of carbonyl (C=O) groups excluding carboxylic acids is 1. The number of phenols is 1. The van der Waals surface area contributed by atoms with Crippen molar-refractivity contribution in [3.8, 4) is 5.75 Å². The van der Waals surface area contributed by atoms with Crippen molar-refractivity contribution in [1.29, 1.82) is 0 Å². The number of fused-ring (bicyclic) bond motifs is 1. The third-order valence-electron chi connectivity index (χ3n) is 3.32. The Morgan fingerprint density at radius 1 is 1.42 bits per heavy atom. The van der Waals surface area contributed by atoms with Gasteiger partial charge in [0.05, 0.1) is 11.9 Å². The Bertz CT molecular complexity index is 895. The maximum absolute atomic E-state index is 11.4. The number of phenolic OH excluding ortho intramolecular Hbond substituents is 1. The summed E-state index contributed by atoms with van der Waals surface area (Å²) >= 11 is 1.52. The van der Waals surface area contributed by atoms with Crippen LogP contribution >= 0.6 is 11.8 Å². The number of aromatic hydroxyl groups is 1. The molecule has 0 bridgehead atoms. The van der Waals surface area contributed by atoms with Gasteiger partial charge >= 0.3 is 0 Å². The van der Waals surface area contributed by atoms with Gasteiger partial charge in [0.1, 0.15) is 16.3 Å². The highest BCUT2D eigenvalue weighted by atomic mass is 32.2. The summed E-state index contributed by atoms with van der Waals surface area (Å²) in [6.07, 6.45) is 1.56. The average Bonchev–Trinajstić information content (AvgIpc) is 3.00. The number of nitrogens with one attached hydrogen (secondary N) is 2. The summed E-state index contributed by atoms with van der Waals surface area (Å²) in [6, 6.07) is 4.87. The first-order valence-electron chi connectivity index (χ1n) is 7.22. The first-order valence-corrected chi connectivity index (χ1v) is 8.20. The minimum atomic E-state index is -0.177. The van der Waals surface area contributed by atoms with Crippen LogP contribution in [0, 0.1) is 0 Å². The van der Waals surface area contributed by atoms with E-state index in [0.29, 0.717) is 17.8 Å². The van der Waals surface area contributed by atoms with E-state index in [0.717, 1.165) is 22.0 Å². The highest BCUT2D eigenvalue weighted by Gasteiger charge is 2.09. The molecular weight excluding hydrogens is 328 g/mol. The molecule has 0 amide bonds. The molecule has 3 aromatic rings. The molecule has 1 aromatic carbocycles. The number of nitrogens with zero attached hydrogens (tertiary/aromatic N) is 3. The van der Waals surface area contributed by atoms with Crippen molar-refractivity contribution in [2.24, 2.45) is 0 Å². The van der Waals surface area contributed by atoms with Crippen molar-refractivity contribution >= 4 is 40.3 Å². The Morgan fingerprint density at radius 2 is 2.25 bits per heavy atom. The van der Waals surface area contributed by atoms with Gasteiger partial charge in [-0.1, -0.05) is 0 Å². The molecule has 124 valence electrons. The molecule has 5 N–H and O–H groups in total. The number of H-pyrrole nitrogens is 1. The minimum Gasteiger partial charge on any atom is -0.507 e. The summed E-state index contributed by atoms with van der Waals surface area (Å²) < 4.78 is 0. The molecule has 0 saturated heterocycles. The molecule has 0 aliphatic rings. The van der Waals surface area contributed by atoms with Crippen LogP contribution in [0.1, 0.15) is 17.3 Å². The summed E-state index contributed by atoms with van der Waals surface area (Å²) in [7, 11) is 0. The Labute approximate surface area is 141 Å². The standard InChI is InChI=1S/C15H16N6O2S/c1-8(22)10-6-9(2-3-11(10)23)17-4-5-24-14-12-13(19-7-18-12)20-15(16)21-14/h2-3,6-7,17,23H,4-5H2,1H3,(H3,16,18,19,20,21). The normalized spacial score (nSPS) is 10.9. The van der Waals surface area contributed by atoms with E-state index in [-0.39, 0.29) is 17.5 Å². The van der Waals surface area contributed by atoms with Gasteiger partial charge in [-0.3, -0.25) is 4.79 Å². The zero-order valence-electron chi connectivity index (χ0n) is 12.9. The van der Waals surface area contributed by atoms with Crippen molar-refractivity contribution in [2.75, 3.05) is 23.3 Å². The van der Waals surface area contributed by atoms with E-state index in [9.17, 15) is 9.90 Å². The molecule has 0 spiro atoms.